The van der Waals surface area contributed by atoms with Crippen molar-refractivity contribution >= 4 is 23.9 Å². The highest BCUT2D eigenvalue weighted by molar-refractivity contribution is 5.88. The van der Waals surface area contributed by atoms with Crippen LogP contribution in [0.25, 0.3) is 0 Å². The first-order valence-electron chi connectivity index (χ1n) is 14.1. The molecule has 2 aliphatic carbocycles. The Kier molecular flexibility index (Phi) is 6.78. The number of esters is 4. The van der Waals surface area contributed by atoms with E-state index >= 15 is 0 Å². The molecule has 10 nitrogen and oxygen atoms in total. The Hall–Kier alpha value is -3.04. The molecule has 0 amide bonds. The molecule has 220 valence electrons. The number of rotatable bonds is 0. The minimum atomic E-state index is -0.923. The minimum absolute atomic E-state index is 0.0293. The van der Waals surface area contributed by atoms with E-state index in [1.807, 2.05) is 41.5 Å². The van der Waals surface area contributed by atoms with E-state index in [-0.39, 0.29) is 13.2 Å². The Labute approximate surface area is 234 Å². The van der Waals surface area contributed by atoms with E-state index in [1.165, 1.54) is 12.2 Å². The van der Waals surface area contributed by atoms with Crippen LogP contribution in [0, 0.1) is 28.1 Å². The molecule has 3 heterocycles. The van der Waals surface area contributed by atoms with Crippen molar-refractivity contribution < 1.29 is 47.6 Å². The fraction of sp³-hybridized carbons (Fsp3) is 0.733. The first-order valence-corrected chi connectivity index (χ1v) is 14.1. The predicted molar refractivity (Wildman–Crippen MR) is 139 cm³/mol. The second kappa shape index (κ2) is 9.52. The molecule has 5 rings (SSSR count). The molecule has 3 aliphatic heterocycles. The summed E-state index contributed by atoms with van der Waals surface area (Å²) >= 11 is 0. The van der Waals surface area contributed by atoms with Crippen LogP contribution < -0.4 is 0 Å². The number of hydrogen-bond donors (Lipinski definition) is 0. The van der Waals surface area contributed by atoms with Gasteiger partial charge in [-0.15, -0.1) is 0 Å². The average Bonchev–Trinajstić information content (AvgIpc) is 2.82. The maximum absolute atomic E-state index is 13.4. The minimum Gasteiger partial charge on any atom is -0.497 e. The Morgan fingerprint density at radius 3 is 1.40 bits per heavy atom. The van der Waals surface area contributed by atoms with E-state index in [0.717, 1.165) is 6.42 Å². The van der Waals surface area contributed by atoms with Gasteiger partial charge >= 0.3 is 23.9 Å². The molecular weight excluding hydrogens is 520 g/mol. The third-order valence-corrected chi connectivity index (χ3v) is 9.14. The highest BCUT2D eigenvalue weighted by Gasteiger charge is 2.70. The summed E-state index contributed by atoms with van der Waals surface area (Å²) in [5, 5.41) is 0. The maximum Gasteiger partial charge on any atom is 0.334 e. The van der Waals surface area contributed by atoms with Gasteiger partial charge in [-0.05, 0) is 47.0 Å². The van der Waals surface area contributed by atoms with Crippen LogP contribution in [0.4, 0.5) is 0 Å². The van der Waals surface area contributed by atoms with Crippen LogP contribution in [0.5, 0.6) is 0 Å². The van der Waals surface area contributed by atoms with Crippen molar-refractivity contribution in [3.63, 3.8) is 0 Å². The molecule has 6 unspecified atom stereocenters. The zero-order valence-corrected chi connectivity index (χ0v) is 24.3. The second-order valence-electron chi connectivity index (χ2n) is 13.7. The van der Waals surface area contributed by atoms with Crippen LogP contribution in [0.1, 0.15) is 73.6 Å². The van der Waals surface area contributed by atoms with E-state index in [4.69, 9.17) is 28.4 Å². The Morgan fingerprint density at radius 2 is 1.00 bits per heavy atom. The summed E-state index contributed by atoms with van der Waals surface area (Å²) in [5.41, 5.74) is -4.20. The van der Waals surface area contributed by atoms with Gasteiger partial charge in [0.1, 0.15) is 22.7 Å². The molecule has 0 aromatic carbocycles. The van der Waals surface area contributed by atoms with E-state index in [1.54, 1.807) is 0 Å². The van der Waals surface area contributed by atoms with Crippen molar-refractivity contribution in [1.82, 2.24) is 0 Å². The molecule has 5 aliphatic rings. The maximum atomic E-state index is 13.4. The zero-order valence-electron chi connectivity index (χ0n) is 24.3. The van der Waals surface area contributed by atoms with Gasteiger partial charge in [-0.25, -0.2) is 9.59 Å². The third-order valence-electron chi connectivity index (χ3n) is 9.14. The lowest BCUT2D eigenvalue weighted by atomic mass is 9.51. The summed E-state index contributed by atoms with van der Waals surface area (Å²) in [6.45, 7) is 11.7. The lowest BCUT2D eigenvalue weighted by Crippen LogP contribution is -2.66. The first kappa shape index (κ1) is 28.5. The van der Waals surface area contributed by atoms with Crippen LogP contribution in [-0.4, -0.2) is 61.5 Å². The van der Waals surface area contributed by atoms with Gasteiger partial charge in [-0.1, -0.05) is 13.8 Å². The normalized spacial score (nSPS) is 41.6. The number of hydrogen-bond acceptors (Lipinski definition) is 10. The van der Waals surface area contributed by atoms with Gasteiger partial charge in [0.2, 0.25) is 0 Å². The fourth-order valence-corrected chi connectivity index (χ4v) is 7.57. The molecule has 0 N–H and O–H groups in total. The molecule has 0 radical (unpaired) electrons. The van der Waals surface area contributed by atoms with Gasteiger partial charge in [-0.2, -0.15) is 0 Å². The smallest absolute Gasteiger partial charge is 0.334 e. The number of carbonyl (C=O) groups excluding carboxylic acids is 4. The molecule has 40 heavy (non-hydrogen) atoms. The highest BCUT2D eigenvalue weighted by Crippen LogP contribution is 2.62. The molecule has 0 bridgehead atoms. The second-order valence-corrected chi connectivity index (χ2v) is 13.7. The van der Waals surface area contributed by atoms with Crippen molar-refractivity contribution in [2.45, 2.75) is 84.8 Å². The molecule has 3 fully saturated rings. The van der Waals surface area contributed by atoms with Crippen LogP contribution in [0.15, 0.2) is 23.7 Å². The van der Waals surface area contributed by atoms with Gasteiger partial charge < -0.3 is 28.4 Å². The first-order chi connectivity index (χ1) is 18.6. The summed E-state index contributed by atoms with van der Waals surface area (Å²) in [4.78, 5) is 51.3. The van der Waals surface area contributed by atoms with E-state index in [0.29, 0.717) is 50.4 Å². The molecule has 2 saturated carbocycles. The van der Waals surface area contributed by atoms with Gasteiger partial charge in [-0.3, -0.25) is 9.59 Å². The van der Waals surface area contributed by atoms with Crippen LogP contribution >= 0.6 is 0 Å². The average molecular weight is 561 g/mol. The van der Waals surface area contributed by atoms with Crippen molar-refractivity contribution in [3.05, 3.63) is 23.7 Å². The summed E-state index contributed by atoms with van der Waals surface area (Å²) in [6.07, 6.45) is 5.46. The Morgan fingerprint density at radius 1 is 0.600 bits per heavy atom. The van der Waals surface area contributed by atoms with Crippen LogP contribution in [-0.2, 0) is 47.6 Å². The zero-order chi connectivity index (χ0) is 29.1. The lowest BCUT2D eigenvalue weighted by molar-refractivity contribution is -0.229. The summed E-state index contributed by atoms with van der Waals surface area (Å²) in [6, 6.07) is 0. The molecule has 0 spiro atoms. The summed E-state index contributed by atoms with van der Waals surface area (Å²) in [5.74, 6) is -1.81. The SMILES string of the molecule is CC1(C)COC(=O)C2(C)CC3(C)OC(=O)C=C(OCCCCCOC4=CC(=O)OC5(C)CC(C)(C(=O)OC1)C45)C32. The number of cyclic esters (lactones) is 2. The Bertz CT molecular complexity index is 1100. The van der Waals surface area contributed by atoms with Crippen molar-refractivity contribution in [3.8, 4) is 0 Å². The monoisotopic (exact) mass is 560 g/mol. The highest BCUT2D eigenvalue weighted by atomic mass is 16.6. The van der Waals surface area contributed by atoms with E-state index in [9.17, 15) is 19.2 Å². The predicted octanol–water partition coefficient (Wildman–Crippen LogP) is 3.77. The van der Waals surface area contributed by atoms with Crippen molar-refractivity contribution in [1.29, 1.82) is 0 Å². The molecule has 0 aromatic heterocycles. The Balaban J connectivity index is 1.36. The number of carbonyl (C=O) groups is 4. The molecule has 10 heteroatoms. The van der Waals surface area contributed by atoms with E-state index < -0.39 is 63.2 Å². The van der Waals surface area contributed by atoms with E-state index in [2.05, 4.69) is 0 Å². The van der Waals surface area contributed by atoms with Crippen LogP contribution in [0.3, 0.4) is 0 Å². The lowest BCUT2D eigenvalue weighted by Gasteiger charge is -2.58. The van der Waals surface area contributed by atoms with Gasteiger partial charge in [0.15, 0.2) is 0 Å². The molecule has 1 saturated heterocycles. The number of ether oxygens (including phenoxy) is 6. The van der Waals surface area contributed by atoms with Crippen LogP contribution in [0.2, 0.25) is 0 Å². The van der Waals surface area contributed by atoms with Crippen molar-refractivity contribution in [2.75, 3.05) is 26.4 Å². The third kappa shape index (κ3) is 4.67. The topological polar surface area (TPSA) is 124 Å². The standard InChI is InChI=1S/C30H40O10/c1-26(2)16-37-24(33)27(3)14-29(5)22(27)18(12-20(31)39-29)35-10-8-7-9-11-36-19-13-21(32)40-30(6)15-28(4,23(19)30)25(34)38-17-26/h12-13,22-23H,7-11,14-17H2,1-6H3. The largest absolute Gasteiger partial charge is 0.497 e. The molecule has 0 aromatic rings. The fourth-order valence-electron chi connectivity index (χ4n) is 7.57. The van der Waals surface area contributed by atoms with Gasteiger partial charge in [0, 0.05) is 18.3 Å². The van der Waals surface area contributed by atoms with Crippen molar-refractivity contribution in [2.24, 2.45) is 28.1 Å². The van der Waals surface area contributed by atoms with Gasteiger partial charge in [0.05, 0.1) is 61.2 Å². The molecule has 6 atom stereocenters. The van der Waals surface area contributed by atoms with Gasteiger partial charge in [0.25, 0.3) is 0 Å². The quantitative estimate of drug-likeness (QED) is 0.319. The summed E-state index contributed by atoms with van der Waals surface area (Å²) in [7, 11) is 0. The molecular formula is C30H40O10. The summed E-state index contributed by atoms with van der Waals surface area (Å²) < 4.78 is 34.9.